The molecule has 0 radical (unpaired) electrons. The maximum Gasteiger partial charge on any atom is 0.242 e. The van der Waals surface area contributed by atoms with E-state index in [1.54, 1.807) is 6.07 Å². The highest BCUT2D eigenvalue weighted by molar-refractivity contribution is 9.11. The van der Waals surface area contributed by atoms with Crippen molar-refractivity contribution in [2.45, 2.75) is 18.0 Å². The van der Waals surface area contributed by atoms with Gasteiger partial charge in [0, 0.05) is 22.8 Å². The molecule has 0 aromatic carbocycles. The summed E-state index contributed by atoms with van der Waals surface area (Å²) in [5.74, 6) is 0. The molecular weight excluding hydrogens is 436 g/mol. The molecule has 2 rings (SSSR count). The van der Waals surface area contributed by atoms with Crippen LogP contribution in [0.5, 0.6) is 0 Å². The van der Waals surface area contributed by atoms with Crippen molar-refractivity contribution in [2.24, 2.45) is 5.73 Å². The minimum atomic E-state index is -3.52. The highest BCUT2D eigenvalue weighted by atomic mass is 79.9. The third kappa shape index (κ3) is 3.87. The molecule has 9 heteroatoms. The lowest BCUT2D eigenvalue weighted by atomic mass is 10.5. The third-order valence-electron chi connectivity index (χ3n) is 2.26. The van der Waals surface area contributed by atoms with E-state index < -0.39 is 10.0 Å². The summed E-state index contributed by atoms with van der Waals surface area (Å²) in [6, 6.07) is 5.37. The molecule has 0 saturated carbocycles. The van der Waals surface area contributed by atoms with Crippen molar-refractivity contribution in [3.8, 4) is 0 Å². The first-order chi connectivity index (χ1) is 8.92. The molecule has 0 unspecified atom stereocenters. The van der Waals surface area contributed by atoms with Gasteiger partial charge in [-0.3, -0.25) is 0 Å². The van der Waals surface area contributed by atoms with Gasteiger partial charge in [0.25, 0.3) is 0 Å². The molecule has 0 fully saturated rings. The second kappa shape index (κ2) is 6.33. The molecule has 19 heavy (non-hydrogen) atoms. The van der Waals surface area contributed by atoms with Crippen LogP contribution in [-0.2, 0) is 23.1 Å². The smallest absolute Gasteiger partial charge is 0.242 e. The van der Waals surface area contributed by atoms with E-state index >= 15 is 0 Å². The summed E-state index contributed by atoms with van der Waals surface area (Å²) >= 11 is 9.44. The normalized spacial score (nSPS) is 11.9. The fourth-order valence-corrected chi connectivity index (χ4v) is 6.45. The van der Waals surface area contributed by atoms with Crippen LogP contribution in [-0.4, -0.2) is 8.42 Å². The van der Waals surface area contributed by atoms with E-state index in [1.165, 1.54) is 22.7 Å². The van der Waals surface area contributed by atoms with Crippen LogP contribution in [0.2, 0.25) is 0 Å². The van der Waals surface area contributed by atoms with E-state index in [0.29, 0.717) is 10.3 Å². The molecular formula is C10H10Br2N2O2S3. The van der Waals surface area contributed by atoms with Gasteiger partial charge in [-0.15, -0.1) is 22.7 Å². The lowest BCUT2D eigenvalue weighted by Gasteiger charge is -2.04. The minimum absolute atomic E-state index is 0.244. The van der Waals surface area contributed by atoms with Crippen LogP contribution >= 0.6 is 54.5 Å². The molecule has 2 heterocycles. The van der Waals surface area contributed by atoms with E-state index in [9.17, 15) is 8.42 Å². The summed E-state index contributed by atoms with van der Waals surface area (Å²) in [4.78, 5) is 2.01. The van der Waals surface area contributed by atoms with Crippen LogP contribution in [0, 0.1) is 0 Å². The monoisotopic (exact) mass is 444 g/mol. The van der Waals surface area contributed by atoms with Crippen LogP contribution in [0.1, 0.15) is 9.75 Å². The minimum Gasteiger partial charge on any atom is -0.326 e. The van der Waals surface area contributed by atoms with E-state index in [4.69, 9.17) is 5.73 Å². The second-order valence-corrected chi connectivity index (χ2v) is 10.3. The highest BCUT2D eigenvalue weighted by Crippen LogP contribution is 2.31. The fraction of sp³-hybridized carbons (Fsp3) is 0.200. The maximum atomic E-state index is 12.2. The van der Waals surface area contributed by atoms with E-state index in [0.717, 1.165) is 13.5 Å². The van der Waals surface area contributed by atoms with Crippen LogP contribution in [0.15, 0.2) is 30.7 Å². The number of hydrogen-bond acceptors (Lipinski definition) is 5. The molecule has 0 atom stereocenters. The Bertz CT molecular complexity index is 679. The quantitative estimate of drug-likeness (QED) is 0.741. The van der Waals surface area contributed by atoms with Gasteiger partial charge in [-0.2, -0.15) is 0 Å². The van der Waals surface area contributed by atoms with Gasteiger partial charge in [0.15, 0.2) is 0 Å². The Kier molecular flexibility index (Phi) is 5.21. The van der Waals surface area contributed by atoms with E-state index in [1.807, 2.05) is 12.1 Å². The second-order valence-electron chi connectivity index (χ2n) is 3.59. The Balaban J connectivity index is 2.15. The number of nitrogens with one attached hydrogen (secondary N) is 1. The Labute approximate surface area is 136 Å². The van der Waals surface area contributed by atoms with Crippen molar-refractivity contribution >= 4 is 64.6 Å². The van der Waals surface area contributed by atoms with Gasteiger partial charge in [-0.1, -0.05) is 0 Å². The Morgan fingerprint density at radius 2 is 1.95 bits per heavy atom. The molecule has 0 aliphatic rings. The molecule has 0 aliphatic carbocycles. The van der Waals surface area contributed by atoms with Gasteiger partial charge in [-0.25, -0.2) is 13.1 Å². The average Bonchev–Trinajstić information content (AvgIpc) is 2.93. The predicted octanol–water partition coefficient (Wildman–Crippen LogP) is 3.27. The van der Waals surface area contributed by atoms with Crippen molar-refractivity contribution in [3.63, 3.8) is 0 Å². The zero-order valence-electron chi connectivity index (χ0n) is 9.52. The lowest BCUT2D eigenvalue weighted by molar-refractivity contribution is 0.581. The lowest BCUT2D eigenvalue weighted by Crippen LogP contribution is -2.22. The number of hydrogen-bond donors (Lipinski definition) is 2. The Morgan fingerprint density at radius 3 is 2.47 bits per heavy atom. The summed E-state index contributed by atoms with van der Waals surface area (Å²) < 4.78 is 28.5. The third-order valence-corrected chi connectivity index (χ3v) is 7.56. The van der Waals surface area contributed by atoms with Crippen LogP contribution in [0.25, 0.3) is 0 Å². The molecule has 3 N–H and O–H groups in total. The number of halogens is 2. The SMILES string of the molecule is NCc1cc(S(=O)(=O)NCc2ccc(Br)s2)c(Br)s1. The Morgan fingerprint density at radius 1 is 1.21 bits per heavy atom. The zero-order valence-corrected chi connectivity index (χ0v) is 15.1. The molecule has 4 nitrogen and oxygen atoms in total. The molecule has 0 aliphatic heterocycles. The van der Waals surface area contributed by atoms with Crippen molar-refractivity contribution in [2.75, 3.05) is 0 Å². The summed E-state index contributed by atoms with van der Waals surface area (Å²) in [7, 11) is -3.52. The molecule has 2 aromatic heterocycles. The topological polar surface area (TPSA) is 72.2 Å². The van der Waals surface area contributed by atoms with Gasteiger partial charge in [0.2, 0.25) is 10.0 Å². The van der Waals surface area contributed by atoms with Gasteiger partial charge in [-0.05, 0) is 50.1 Å². The van der Waals surface area contributed by atoms with Crippen molar-refractivity contribution in [1.82, 2.24) is 4.72 Å². The van der Waals surface area contributed by atoms with E-state index in [2.05, 4.69) is 36.6 Å². The van der Waals surface area contributed by atoms with Crippen LogP contribution < -0.4 is 10.5 Å². The number of sulfonamides is 1. The molecule has 0 saturated heterocycles. The Hall–Kier alpha value is 0.230. The summed E-state index contributed by atoms with van der Waals surface area (Å²) in [5.41, 5.74) is 5.51. The predicted molar refractivity (Wildman–Crippen MR) is 86.0 cm³/mol. The first kappa shape index (κ1) is 15.6. The number of nitrogens with two attached hydrogens (primary N) is 1. The van der Waals surface area contributed by atoms with Gasteiger partial charge >= 0.3 is 0 Å². The first-order valence-corrected chi connectivity index (χ1v) is 9.85. The maximum absolute atomic E-state index is 12.2. The summed E-state index contributed by atoms with van der Waals surface area (Å²) in [6.07, 6.45) is 0. The van der Waals surface area contributed by atoms with Crippen molar-refractivity contribution in [1.29, 1.82) is 0 Å². The van der Waals surface area contributed by atoms with Crippen molar-refractivity contribution in [3.05, 3.63) is 35.5 Å². The molecule has 2 aromatic rings. The molecule has 0 spiro atoms. The van der Waals surface area contributed by atoms with Gasteiger partial charge in [0.1, 0.15) is 4.90 Å². The molecule has 104 valence electrons. The first-order valence-electron chi connectivity index (χ1n) is 5.14. The summed E-state index contributed by atoms with van der Waals surface area (Å²) in [6.45, 7) is 0.607. The van der Waals surface area contributed by atoms with Gasteiger partial charge < -0.3 is 5.73 Å². The average molecular weight is 446 g/mol. The molecule has 0 amide bonds. The van der Waals surface area contributed by atoms with Crippen LogP contribution in [0.4, 0.5) is 0 Å². The van der Waals surface area contributed by atoms with Crippen LogP contribution in [0.3, 0.4) is 0 Å². The van der Waals surface area contributed by atoms with E-state index in [-0.39, 0.29) is 11.4 Å². The zero-order chi connectivity index (χ0) is 14.0. The standard InChI is InChI=1S/C10H10Br2N2O2S3/c11-9-2-1-6(17-9)5-14-19(15,16)8-3-7(4-13)18-10(8)12/h1-3,14H,4-5,13H2. The van der Waals surface area contributed by atoms with Crippen molar-refractivity contribution < 1.29 is 8.42 Å². The fourth-order valence-electron chi connectivity index (χ4n) is 1.37. The van der Waals surface area contributed by atoms with Gasteiger partial charge in [0.05, 0.1) is 7.57 Å². The largest absolute Gasteiger partial charge is 0.326 e. The summed E-state index contributed by atoms with van der Waals surface area (Å²) in [5, 5.41) is 0. The molecule has 0 bridgehead atoms. The number of thiophene rings is 2. The highest BCUT2D eigenvalue weighted by Gasteiger charge is 2.20. The number of rotatable bonds is 5.